The van der Waals surface area contributed by atoms with Crippen LogP contribution in [0.5, 0.6) is 5.75 Å². The normalized spacial score (nSPS) is 17.6. The number of likely N-dealkylation sites (N-methyl/N-ethyl adjacent to an activating group) is 1. The Morgan fingerprint density at radius 1 is 1.08 bits per heavy atom. The zero-order valence-corrected chi connectivity index (χ0v) is 14.0. The molecule has 1 aliphatic heterocycles. The molecular weight excluding hydrogens is 302 g/mol. The Bertz CT molecular complexity index is 654. The van der Waals surface area contributed by atoms with E-state index in [1.807, 2.05) is 42.5 Å². The van der Waals surface area contributed by atoms with Crippen molar-refractivity contribution in [3.63, 3.8) is 0 Å². The third-order valence-electron chi connectivity index (χ3n) is 4.44. The minimum Gasteiger partial charge on any atom is -0.291 e. The van der Waals surface area contributed by atoms with E-state index < -0.39 is 0 Å². The van der Waals surface area contributed by atoms with E-state index in [0.717, 1.165) is 32.4 Å². The van der Waals surface area contributed by atoms with Gasteiger partial charge in [0.15, 0.2) is 5.75 Å². The van der Waals surface area contributed by atoms with Crippen molar-refractivity contribution in [2.45, 2.75) is 32.2 Å². The Kier molecular flexibility index (Phi) is 5.49. The summed E-state index contributed by atoms with van der Waals surface area (Å²) < 4.78 is 0. The van der Waals surface area contributed by atoms with Crippen LogP contribution in [0.1, 0.15) is 30.9 Å². The molecule has 0 saturated carbocycles. The van der Waals surface area contributed by atoms with Crippen LogP contribution in [0.25, 0.3) is 0 Å². The molecule has 2 aromatic carbocycles. The SMILES string of the molecule is CCN1CCC[C@H]1C(=O)OOc1ccc(Cc2ccccc2)cc1. The Hall–Kier alpha value is -2.33. The molecule has 0 bridgehead atoms. The Balaban J connectivity index is 1.52. The number of rotatable bonds is 6. The van der Waals surface area contributed by atoms with Gasteiger partial charge in [-0.2, -0.15) is 0 Å². The molecule has 0 amide bonds. The van der Waals surface area contributed by atoms with Gasteiger partial charge in [-0.25, -0.2) is 9.68 Å². The standard InChI is InChI=1S/C20H23NO3/c1-2-21-14-6-9-19(21)20(22)24-23-18-12-10-17(11-13-18)15-16-7-4-3-5-8-16/h3-5,7-8,10-13,19H,2,6,9,14-15H2,1H3/t19-/m0/s1. The summed E-state index contributed by atoms with van der Waals surface area (Å²) in [6, 6.07) is 17.8. The molecule has 24 heavy (non-hydrogen) atoms. The third kappa shape index (κ3) is 4.15. The molecule has 2 aromatic rings. The minimum atomic E-state index is -0.303. The molecule has 1 atom stereocenters. The van der Waals surface area contributed by atoms with Crippen LogP contribution in [-0.4, -0.2) is 30.0 Å². The van der Waals surface area contributed by atoms with Crippen molar-refractivity contribution in [2.75, 3.05) is 13.1 Å². The van der Waals surface area contributed by atoms with E-state index >= 15 is 0 Å². The fourth-order valence-electron chi connectivity index (χ4n) is 3.11. The second-order valence-corrected chi connectivity index (χ2v) is 6.08. The molecule has 1 aliphatic rings. The van der Waals surface area contributed by atoms with Crippen LogP contribution in [0.4, 0.5) is 0 Å². The molecule has 4 nitrogen and oxygen atoms in total. The topological polar surface area (TPSA) is 38.8 Å². The summed E-state index contributed by atoms with van der Waals surface area (Å²) in [7, 11) is 0. The maximum atomic E-state index is 12.1. The van der Waals surface area contributed by atoms with Crippen LogP contribution in [0, 0.1) is 0 Å². The van der Waals surface area contributed by atoms with Crippen molar-refractivity contribution in [3.8, 4) is 5.75 Å². The number of benzene rings is 2. The van der Waals surface area contributed by atoms with Gasteiger partial charge in [0.1, 0.15) is 6.04 Å². The molecule has 0 N–H and O–H groups in total. The van der Waals surface area contributed by atoms with E-state index in [9.17, 15) is 4.79 Å². The summed E-state index contributed by atoms with van der Waals surface area (Å²) >= 11 is 0. The van der Waals surface area contributed by atoms with E-state index in [2.05, 4.69) is 24.0 Å². The highest BCUT2D eigenvalue weighted by Crippen LogP contribution is 2.19. The zero-order chi connectivity index (χ0) is 16.8. The first-order valence-electron chi connectivity index (χ1n) is 8.51. The Morgan fingerprint density at radius 2 is 1.79 bits per heavy atom. The maximum absolute atomic E-state index is 12.1. The fourth-order valence-corrected chi connectivity index (χ4v) is 3.11. The van der Waals surface area contributed by atoms with Gasteiger partial charge in [-0.05, 0) is 55.6 Å². The maximum Gasteiger partial charge on any atom is 0.372 e. The van der Waals surface area contributed by atoms with Crippen molar-refractivity contribution in [3.05, 3.63) is 65.7 Å². The largest absolute Gasteiger partial charge is 0.372 e. The summed E-state index contributed by atoms with van der Waals surface area (Å²) in [6.07, 6.45) is 2.74. The van der Waals surface area contributed by atoms with Crippen molar-refractivity contribution in [2.24, 2.45) is 0 Å². The summed E-state index contributed by atoms with van der Waals surface area (Å²) in [5, 5.41) is 0. The van der Waals surface area contributed by atoms with Crippen LogP contribution in [0.15, 0.2) is 54.6 Å². The molecule has 0 radical (unpaired) electrons. The van der Waals surface area contributed by atoms with Crippen LogP contribution < -0.4 is 4.89 Å². The Morgan fingerprint density at radius 3 is 2.50 bits per heavy atom. The molecule has 0 spiro atoms. The smallest absolute Gasteiger partial charge is 0.291 e. The lowest BCUT2D eigenvalue weighted by Crippen LogP contribution is -2.37. The van der Waals surface area contributed by atoms with Gasteiger partial charge in [0.2, 0.25) is 0 Å². The molecule has 3 rings (SSSR count). The summed E-state index contributed by atoms with van der Waals surface area (Å²) in [6.45, 7) is 3.86. The first kappa shape index (κ1) is 16.5. The molecule has 1 saturated heterocycles. The minimum absolute atomic E-state index is 0.174. The van der Waals surface area contributed by atoms with Crippen molar-refractivity contribution in [1.82, 2.24) is 4.90 Å². The molecular formula is C20H23NO3. The van der Waals surface area contributed by atoms with Crippen LogP contribution >= 0.6 is 0 Å². The number of carbonyl (C=O) groups is 1. The number of nitrogens with zero attached hydrogens (tertiary/aromatic N) is 1. The summed E-state index contributed by atoms with van der Waals surface area (Å²) in [5.74, 6) is 0.240. The van der Waals surface area contributed by atoms with Gasteiger partial charge in [-0.3, -0.25) is 9.79 Å². The number of hydrogen-bond acceptors (Lipinski definition) is 4. The average molecular weight is 325 g/mol. The first-order chi connectivity index (χ1) is 11.8. The van der Waals surface area contributed by atoms with Crippen LogP contribution in [-0.2, 0) is 16.1 Å². The summed E-state index contributed by atoms with van der Waals surface area (Å²) in [5.41, 5.74) is 2.45. The Labute approximate surface area is 142 Å². The van der Waals surface area contributed by atoms with Crippen molar-refractivity contribution < 1.29 is 14.6 Å². The zero-order valence-electron chi connectivity index (χ0n) is 14.0. The van der Waals surface area contributed by atoms with E-state index in [-0.39, 0.29) is 12.0 Å². The molecule has 0 unspecified atom stereocenters. The number of carbonyl (C=O) groups excluding carboxylic acids is 1. The average Bonchev–Trinajstić information content (AvgIpc) is 3.10. The second kappa shape index (κ2) is 7.97. The highest BCUT2D eigenvalue weighted by molar-refractivity contribution is 5.75. The van der Waals surface area contributed by atoms with Gasteiger partial charge < -0.3 is 0 Å². The number of likely N-dealkylation sites (tertiary alicyclic amines) is 1. The lowest BCUT2D eigenvalue weighted by atomic mass is 10.1. The molecule has 0 aliphatic carbocycles. The van der Waals surface area contributed by atoms with Crippen molar-refractivity contribution >= 4 is 5.97 Å². The quantitative estimate of drug-likeness (QED) is 0.601. The van der Waals surface area contributed by atoms with Gasteiger partial charge in [0.25, 0.3) is 0 Å². The van der Waals surface area contributed by atoms with E-state index in [0.29, 0.717) is 5.75 Å². The van der Waals surface area contributed by atoms with Gasteiger partial charge in [0.05, 0.1) is 0 Å². The predicted octanol–water partition coefficient (Wildman–Crippen LogP) is 3.60. The van der Waals surface area contributed by atoms with E-state index in [1.54, 1.807) is 0 Å². The highest BCUT2D eigenvalue weighted by atomic mass is 17.2. The predicted molar refractivity (Wildman–Crippen MR) is 92.7 cm³/mol. The van der Waals surface area contributed by atoms with Crippen molar-refractivity contribution in [1.29, 1.82) is 0 Å². The van der Waals surface area contributed by atoms with Gasteiger partial charge in [-0.15, -0.1) is 0 Å². The lowest BCUT2D eigenvalue weighted by Gasteiger charge is -2.19. The fraction of sp³-hybridized carbons (Fsp3) is 0.350. The molecule has 4 heteroatoms. The second-order valence-electron chi connectivity index (χ2n) is 6.08. The third-order valence-corrected chi connectivity index (χ3v) is 4.44. The van der Waals surface area contributed by atoms with Gasteiger partial charge in [0, 0.05) is 0 Å². The monoisotopic (exact) mass is 325 g/mol. The molecule has 126 valence electrons. The lowest BCUT2D eigenvalue weighted by molar-refractivity contribution is -0.218. The molecule has 1 heterocycles. The number of hydrogen-bond donors (Lipinski definition) is 0. The van der Waals surface area contributed by atoms with E-state index in [4.69, 9.17) is 9.78 Å². The van der Waals surface area contributed by atoms with Crippen LogP contribution in [0.2, 0.25) is 0 Å². The molecule has 0 aromatic heterocycles. The highest BCUT2D eigenvalue weighted by Gasteiger charge is 2.31. The van der Waals surface area contributed by atoms with Crippen LogP contribution in [0.3, 0.4) is 0 Å². The first-order valence-corrected chi connectivity index (χ1v) is 8.51. The van der Waals surface area contributed by atoms with Gasteiger partial charge in [-0.1, -0.05) is 49.4 Å². The molecule has 1 fully saturated rings. The summed E-state index contributed by atoms with van der Waals surface area (Å²) in [4.78, 5) is 24.5. The van der Waals surface area contributed by atoms with E-state index in [1.165, 1.54) is 11.1 Å². The van der Waals surface area contributed by atoms with Gasteiger partial charge >= 0.3 is 5.97 Å².